The maximum atomic E-state index is 13.6. The molecule has 0 aliphatic carbocycles. The predicted molar refractivity (Wildman–Crippen MR) is 148 cm³/mol. The number of aliphatic hydroxyl groups excluding tert-OH is 3. The number of aliphatic hydroxyl groups is 3. The van der Waals surface area contributed by atoms with Crippen LogP contribution in [0, 0.1) is 0 Å². The lowest BCUT2D eigenvalue weighted by Crippen LogP contribution is -2.60. The molecule has 0 bridgehead atoms. The Kier molecular flexibility index (Phi) is 8.23. The fourth-order valence-corrected chi connectivity index (χ4v) is 4.44. The second kappa shape index (κ2) is 12.0. The van der Waals surface area contributed by atoms with Crippen molar-refractivity contribution in [2.24, 2.45) is 0 Å². The maximum absolute atomic E-state index is 13.6. The Labute approximate surface area is 242 Å². The van der Waals surface area contributed by atoms with Crippen molar-refractivity contribution < 1.29 is 59.2 Å². The number of aromatic hydroxyl groups is 4. The van der Waals surface area contributed by atoms with Gasteiger partial charge in [0.1, 0.15) is 53.5 Å². The minimum atomic E-state index is -1.93. The molecule has 5 rings (SSSR count). The number of ether oxygens (including phenoxy) is 3. The van der Waals surface area contributed by atoms with Gasteiger partial charge in [0.05, 0.1) is 0 Å². The molecule has 4 aromatic rings. The first-order valence-corrected chi connectivity index (χ1v) is 12.8. The topological polar surface area (TPSA) is 217 Å². The maximum Gasteiger partial charge on any atom is 0.330 e. The molecule has 1 fully saturated rings. The van der Waals surface area contributed by atoms with Gasteiger partial charge in [-0.25, -0.2) is 4.79 Å². The highest BCUT2D eigenvalue weighted by molar-refractivity contribution is 5.88. The number of phenolic OH excluding ortho intramolecular Hbond substituents is 4. The van der Waals surface area contributed by atoms with Crippen molar-refractivity contribution in [1.82, 2.24) is 0 Å². The fraction of sp³-hybridized carbons (Fsp3) is 0.200. The van der Waals surface area contributed by atoms with Gasteiger partial charge >= 0.3 is 5.97 Å². The van der Waals surface area contributed by atoms with Gasteiger partial charge < -0.3 is 54.4 Å². The van der Waals surface area contributed by atoms with E-state index < -0.39 is 82.8 Å². The number of hydrogen-bond donors (Lipinski definition) is 7. The molecule has 1 aliphatic rings. The van der Waals surface area contributed by atoms with Crippen molar-refractivity contribution in [2.75, 3.05) is 6.61 Å². The molecule has 13 nitrogen and oxygen atoms in total. The lowest BCUT2D eigenvalue weighted by Gasteiger charge is -2.39. The predicted octanol–water partition coefficient (Wildman–Crippen LogP) is 1.73. The van der Waals surface area contributed by atoms with Gasteiger partial charge in [-0.05, 0) is 29.8 Å². The Morgan fingerprint density at radius 1 is 0.860 bits per heavy atom. The van der Waals surface area contributed by atoms with E-state index >= 15 is 0 Å². The lowest BCUT2D eigenvalue weighted by molar-refractivity contribution is -0.278. The third kappa shape index (κ3) is 6.10. The highest BCUT2D eigenvalue weighted by Crippen LogP contribution is 2.39. The SMILES string of the molecule is O=C(/C=C/c1ccccc1)OC[C@@H]1O[C@H](Oc2c(-c3ccc(O)c(O)c3)oc3cc(O)cc(O)c3c2=O)[C@@H](O)[C@H](O)[C@H]1O. The summed E-state index contributed by atoms with van der Waals surface area (Å²) in [5, 5.41) is 71.2. The van der Waals surface area contributed by atoms with Crippen LogP contribution in [0.15, 0.2) is 76.0 Å². The van der Waals surface area contributed by atoms with Crippen LogP contribution in [0.3, 0.4) is 0 Å². The molecule has 0 unspecified atom stereocenters. The molecule has 0 spiro atoms. The number of carbonyl (C=O) groups is 1. The number of benzene rings is 3. The lowest BCUT2D eigenvalue weighted by atomic mass is 9.99. The summed E-state index contributed by atoms with van der Waals surface area (Å²) in [6.07, 6.45) is -6.14. The normalized spacial score (nSPS) is 22.1. The third-order valence-electron chi connectivity index (χ3n) is 6.66. The second-order valence-corrected chi connectivity index (χ2v) is 9.64. The second-order valence-electron chi connectivity index (χ2n) is 9.64. The average Bonchev–Trinajstić information content (AvgIpc) is 2.98. The molecule has 224 valence electrons. The van der Waals surface area contributed by atoms with Gasteiger partial charge in [-0.1, -0.05) is 30.3 Å². The molecule has 0 radical (unpaired) electrons. The molecule has 43 heavy (non-hydrogen) atoms. The molecule has 7 N–H and O–H groups in total. The first-order valence-electron chi connectivity index (χ1n) is 12.8. The summed E-state index contributed by atoms with van der Waals surface area (Å²) in [7, 11) is 0. The van der Waals surface area contributed by atoms with Crippen LogP contribution >= 0.6 is 0 Å². The molecule has 0 saturated carbocycles. The van der Waals surface area contributed by atoms with Gasteiger partial charge in [0.2, 0.25) is 17.5 Å². The van der Waals surface area contributed by atoms with Crippen molar-refractivity contribution in [1.29, 1.82) is 0 Å². The Bertz CT molecular complexity index is 1730. The minimum Gasteiger partial charge on any atom is -0.508 e. The Morgan fingerprint density at radius 3 is 2.33 bits per heavy atom. The van der Waals surface area contributed by atoms with Crippen LogP contribution in [0.2, 0.25) is 0 Å². The zero-order chi connectivity index (χ0) is 30.8. The quantitative estimate of drug-likeness (QED) is 0.0923. The van der Waals surface area contributed by atoms with Crippen LogP contribution in [0.25, 0.3) is 28.4 Å². The summed E-state index contributed by atoms with van der Waals surface area (Å²) < 4.78 is 22.2. The van der Waals surface area contributed by atoms with Gasteiger partial charge in [0, 0.05) is 23.8 Å². The van der Waals surface area contributed by atoms with E-state index in [9.17, 15) is 45.3 Å². The van der Waals surface area contributed by atoms with E-state index in [0.717, 1.165) is 35.9 Å². The summed E-state index contributed by atoms with van der Waals surface area (Å²) in [6, 6.07) is 14.2. The number of phenols is 4. The summed E-state index contributed by atoms with van der Waals surface area (Å²) in [5.41, 5.74) is -0.541. The first kappa shape index (κ1) is 29.4. The molecule has 1 aliphatic heterocycles. The smallest absolute Gasteiger partial charge is 0.330 e. The molecule has 1 saturated heterocycles. The first-order chi connectivity index (χ1) is 20.5. The summed E-state index contributed by atoms with van der Waals surface area (Å²) in [4.78, 5) is 25.8. The summed E-state index contributed by atoms with van der Waals surface area (Å²) in [6.45, 7) is -0.576. The average molecular weight is 595 g/mol. The highest BCUT2D eigenvalue weighted by atomic mass is 16.7. The molecule has 5 atom stereocenters. The molecule has 1 aromatic heterocycles. The molecule has 13 heteroatoms. The zero-order valence-corrected chi connectivity index (χ0v) is 22.1. The zero-order valence-electron chi connectivity index (χ0n) is 22.1. The van der Waals surface area contributed by atoms with Gasteiger partial charge in [-0.3, -0.25) is 4.79 Å². The number of fused-ring (bicyclic) bond motifs is 1. The van der Waals surface area contributed by atoms with Crippen molar-refractivity contribution in [3.63, 3.8) is 0 Å². The molecule has 0 amide bonds. The van der Waals surface area contributed by atoms with Gasteiger partial charge in [0.15, 0.2) is 17.3 Å². The largest absolute Gasteiger partial charge is 0.508 e. The number of carbonyl (C=O) groups excluding carboxylic acids is 1. The highest BCUT2D eigenvalue weighted by Gasteiger charge is 2.46. The number of esters is 1. The standard InChI is InChI=1S/C30H26O13/c31-16-11-19(34)23-20(12-16)41-28(15-7-8-17(32)18(33)10-15)29(25(23)37)43-30-27(39)26(38)24(36)21(42-30)13-40-22(35)9-6-14-4-2-1-3-5-14/h1-12,21,24,26-27,30-34,36,38-39H,13H2/b9-6+/t21-,24-,26+,27-,30+/m0/s1. The van der Waals surface area contributed by atoms with E-state index in [2.05, 4.69) is 0 Å². The number of hydrogen-bond acceptors (Lipinski definition) is 13. The van der Waals surface area contributed by atoms with Crippen LogP contribution in [0.4, 0.5) is 0 Å². The van der Waals surface area contributed by atoms with Crippen molar-refractivity contribution in [2.45, 2.75) is 30.7 Å². The Hall–Kier alpha value is -5.08. The molecular formula is C30H26O13. The van der Waals surface area contributed by atoms with E-state index in [1.54, 1.807) is 24.3 Å². The summed E-state index contributed by atoms with van der Waals surface area (Å²) in [5.74, 6) is -3.98. The fourth-order valence-electron chi connectivity index (χ4n) is 4.44. The number of rotatable bonds is 7. The molecular weight excluding hydrogens is 568 g/mol. The molecule has 2 heterocycles. The van der Waals surface area contributed by atoms with Crippen LogP contribution in [0.1, 0.15) is 5.56 Å². The van der Waals surface area contributed by atoms with Crippen LogP contribution in [-0.4, -0.2) is 79.0 Å². The van der Waals surface area contributed by atoms with E-state index in [4.69, 9.17) is 18.6 Å². The van der Waals surface area contributed by atoms with Gasteiger partial charge in [0.25, 0.3) is 0 Å². The monoisotopic (exact) mass is 594 g/mol. The Morgan fingerprint density at radius 2 is 1.60 bits per heavy atom. The van der Waals surface area contributed by atoms with E-state index in [-0.39, 0.29) is 16.9 Å². The van der Waals surface area contributed by atoms with Crippen molar-refractivity contribution >= 4 is 23.0 Å². The minimum absolute atomic E-state index is 0.00583. The third-order valence-corrected chi connectivity index (χ3v) is 6.66. The Balaban J connectivity index is 1.45. The van der Waals surface area contributed by atoms with E-state index in [1.165, 1.54) is 12.1 Å². The van der Waals surface area contributed by atoms with Crippen molar-refractivity contribution in [3.8, 4) is 40.1 Å². The van der Waals surface area contributed by atoms with E-state index in [1.807, 2.05) is 6.07 Å². The van der Waals surface area contributed by atoms with E-state index in [0.29, 0.717) is 0 Å². The van der Waals surface area contributed by atoms with Crippen LogP contribution in [0.5, 0.6) is 28.7 Å². The van der Waals surface area contributed by atoms with Gasteiger partial charge in [-0.2, -0.15) is 0 Å². The summed E-state index contributed by atoms with van der Waals surface area (Å²) >= 11 is 0. The molecule has 3 aromatic carbocycles. The van der Waals surface area contributed by atoms with Crippen LogP contribution in [-0.2, 0) is 14.3 Å². The van der Waals surface area contributed by atoms with Crippen molar-refractivity contribution in [3.05, 3.63) is 82.5 Å². The van der Waals surface area contributed by atoms with Gasteiger partial charge in [-0.15, -0.1) is 0 Å². The van der Waals surface area contributed by atoms with Crippen LogP contribution < -0.4 is 10.2 Å².